The van der Waals surface area contributed by atoms with Crippen LogP contribution < -0.4 is 10.1 Å². The number of halogens is 1. The Labute approximate surface area is 163 Å². The van der Waals surface area contributed by atoms with E-state index >= 15 is 0 Å². The number of hydrogen-bond acceptors (Lipinski definition) is 4. The number of carboxylic acid groups (broad SMARTS) is 1. The van der Waals surface area contributed by atoms with Gasteiger partial charge in [-0.2, -0.15) is 0 Å². The summed E-state index contributed by atoms with van der Waals surface area (Å²) in [6, 6.07) is 4.97. The first-order valence-electron chi connectivity index (χ1n) is 9.30. The minimum atomic E-state index is -1.30. The molecule has 1 heterocycles. The lowest BCUT2D eigenvalue weighted by Gasteiger charge is -2.36. The van der Waals surface area contributed by atoms with Crippen molar-refractivity contribution in [1.29, 1.82) is 0 Å². The van der Waals surface area contributed by atoms with Gasteiger partial charge in [0.15, 0.2) is 0 Å². The van der Waals surface area contributed by atoms with Crippen LogP contribution in [0.1, 0.15) is 33.6 Å². The molecule has 0 saturated carbocycles. The molecule has 1 aliphatic heterocycles. The summed E-state index contributed by atoms with van der Waals surface area (Å²) in [6.07, 6.45) is 0.0512. The number of benzene rings is 1. The first kappa shape index (κ1) is 21.7. The average Bonchev–Trinajstić information content (AvgIpc) is 2.64. The van der Waals surface area contributed by atoms with Crippen molar-refractivity contribution >= 4 is 17.8 Å². The summed E-state index contributed by atoms with van der Waals surface area (Å²) in [7, 11) is 0. The summed E-state index contributed by atoms with van der Waals surface area (Å²) >= 11 is 0. The second-order valence-electron chi connectivity index (χ2n) is 7.98. The van der Waals surface area contributed by atoms with E-state index in [4.69, 9.17) is 4.74 Å². The van der Waals surface area contributed by atoms with E-state index in [2.05, 4.69) is 5.32 Å². The van der Waals surface area contributed by atoms with Gasteiger partial charge in [0.2, 0.25) is 17.9 Å². The second-order valence-corrected chi connectivity index (χ2v) is 7.98. The number of piperidine rings is 1. The number of nitrogens with zero attached hydrogens (tertiary/aromatic N) is 1. The van der Waals surface area contributed by atoms with E-state index in [0.717, 1.165) is 12.1 Å². The first-order valence-corrected chi connectivity index (χ1v) is 9.30. The topological polar surface area (TPSA) is 95.9 Å². The molecule has 2 amide bonds. The zero-order valence-electron chi connectivity index (χ0n) is 16.4. The molecule has 8 heteroatoms. The lowest BCUT2D eigenvalue weighted by molar-refractivity contribution is -0.145. The molecule has 0 aromatic heterocycles. The van der Waals surface area contributed by atoms with E-state index in [1.165, 1.54) is 12.1 Å². The third-order valence-corrected chi connectivity index (χ3v) is 4.55. The Morgan fingerprint density at radius 3 is 2.50 bits per heavy atom. The molecule has 0 radical (unpaired) electrons. The zero-order chi connectivity index (χ0) is 20.9. The van der Waals surface area contributed by atoms with Gasteiger partial charge in [-0.1, -0.05) is 20.8 Å². The van der Waals surface area contributed by atoms with Crippen molar-refractivity contribution in [3.8, 4) is 5.75 Å². The summed E-state index contributed by atoms with van der Waals surface area (Å²) in [5.41, 5.74) is -0.518. The Hall–Kier alpha value is -2.64. The van der Waals surface area contributed by atoms with Gasteiger partial charge in [-0.05, 0) is 37.1 Å². The first-order chi connectivity index (χ1) is 13.1. The molecule has 2 atom stereocenters. The second kappa shape index (κ2) is 9.03. The Balaban J connectivity index is 1.92. The van der Waals surface area contributed by atoms with E-state index in [1.54, 1.807) is 4.90 Å². The largest absolute Gasteiger partial charge is 0.478 e. The molecule has 0 spiro atoms. The third kappa shape index (κ3) is 5.94. The highest BCUT2D eigenvalue weighted by molar-refractivity contribution is 5.84. The Kier molecular flexibility index (Phi) is 6.99. The summed E-state index contributed by atoms with van der Waals surface area (Å²) in [4.78, 5) is 38.0. The maximum absolute atomic E-state index is 12.9. The van der Waals surface area contributed by atoms with Crippen LogP contribution in [0, 0.1) is 17.2 Å². The van der Waals surface area contributed by atoms with Crippen LogP contribution in [0.25, 0.3) is 0 Å². The molecule has 154 valence electrons. The molecule has 1 aromatic rings. The lowest BCUT2D eigenvalue weighted by atomic mass is 9.91. The van der Waals surface area contributed by atoms with Crippen LogP contribution in [0.2, 0.25) is 0 Å². The minimum absolute atomic E-state index is 0.00643. The SMILES string of the molecule is CC(C)(C)C(=O)N1CCCC(C(=O)NCC(Oc2ccc(F)cc2)C(=O)O)C1. The minimum Gasteiger partial charge on any atom is -0.478 e. The Morgan fingerprint density at radius 1 is 1.29 bits per heavy atom. The van der Waals surface area contributed by atoms with Gasteiger partial charge in [-0.25, -0.2) is 9.18 Å². The smallest absolute Gasteiger partial charge is 0.346 e. The fourth-order valence-corrected chi connectivity index (χ4v) is 3.04. The highest BCUT2D eigenvalue weighted by atomic mass is 19.1. The molecular weight excluding hydrogens is 367 g/mol. The maximum atomic E-state index is 12.9. The van der Waals surface area contributed by atoms with Gasteiger partial charge < -0.3 is 20.1 Å². The molecule has 2 unspecified atom stereocenters. The van der Waals surface area contributed by atoms with Gasteiger partial charge in [0.1, 0.15) is 11.6 Å². The van der Waals surface area contributed by atoms with E-state index in [0.29, 0.717) is 25.9 Å². The summed E-state index contributed by atoms with van der Waals surface area (Å²) in [6.45, 7) is 6.22. The molecule has 0 aliphatic carbocycles. The van der Waals surface area contributed by atoms with Crippen molar-refractivity contribution in [3.05, 3.63) is 30.1 Å². The fraction of sp³-hybridized carbons (Fsp3) is 0.550. The fourth-order valence-electron chi connectivity index (χ4n) is 3.04. The van der Waals surface area contributed by atoms with Crippen molar-refractivity contribution in [2.24, 2.45) is 11.3 Å². The van der Waals surface area contributed by atoms with Crippen molar-refractivity contribution in [2.45, 2.75) is 39.7 Å². The summed E-state index contributed by atoms with van der Waals surface area (Å²) in [5.74, 6) is -2.20. The van der Waals surface area contributed by atoms with Crippen LogP contribution in [0.15, 0.2) is 24.3 Å². The zero-order valence-corrected chi connectivity index (χ0v) is 16.4. The number of carboxylic acids is 1. The molecule has 2 rings (SSSR count). The van der Waals surface area contributed by atoms with Gasteiger partial charge in [0.25, 0.3) is 0 Å². The number of carbonyl (C=O) groups excluding carboxylic acids is 2. The number of hydrogen-bond donors (Lipinski definition) is 2. The molecule has 28 heavy (non-hydrogen) atoms. The van der Waals surface area contributed by atoms with Crippen molar-refractivity contribution in [3.63, 3.8) is 0 Å². The number of nitrogens with one attached hydrogen (secondary N) is 1. The van der Waals surface area contributed by atoms with Crippen LogP contribution in [0.5, 0.6) is 5.75 Å². The number of rotatable bonds is 6. The molecule has 7 nitrogen and oxygen atoms in total. The van der Waals surface area contributed by atoms with E-state index in [9.17, 15) is 23.9 Å². The quantitative estimate of drug-likeness (QED) is 0.770. The van der Waals surface area contributed by atoms with E-state index in [1.807, 2.05) is 20.8 Å². The predicted molar refractivity (Wildman–Crippen MR) is 100 cm³/mol. The van der Waals surface area contributed by atoms with Gasteiger partial charge in [0, 0.05) is 18.5 Å². The number of aliphatic carboxylic acids is 1. The highest BCUT2D eigenvalue weighted by Crippen LogP contribution is 2.23. The van der Waals surface area contributed by atoms with Crippen LogP contribution in [0.4, 0.5) is 4.39 Å². The van der Waals surface area contributed by atoms with Crippen LogP contribution in [-0.2, 0) is 14.4 Å². The van der Waals surface area contributed by atoms with Gasteiger partial charge in [-0.15, -0.1) is 0 Å². The van der Waals surface area contributed by atoms with Crippen LogP contribution in [0.3, 0.4) is 0 Å². The number of likely N-dealkylation sites (tertiary alicyclic amines) is 1. The molecule has 1 aliphatic rings. The average molecular weight is 394 g/mol. The molecule has 1 aromatic carbocycles. The van der Waals surface area contributed by atoms with Crippen LogP contribution in [-0.4, -0.2) is 53.5 Å². The Morgan fingerprint density at radius 2 is 1.93 bits per heavy atom. The lowest BCUT2D eigenvalue weighted by Crippen LogP contribution is -2.50. The van der Waals surface area contributed by atoms with E-state index in [-0.39, 0.29) is 30.0 Å². The molecule has 0 bridgehead atoms. The van der Waals surface area contributed by atoms with Crippen molar-refractivity contribution < 1.29 is 28.6 Å². The standard InChI is InChI=1S/C20H27FN2O5/c1-20(2,3)19(27)23-10-4-5-13(12-23)17(24)22-11-16(18(25)26)28-15-8-6-14(21)7-9-15/h6-9,13,16H,4-5,10-12H2,1-3H3,(H,22,24)(H,25,26). The highest BCUT2D eigenvalue weighted by Gasteiger charge is 2.33. The normalized spacial score (nSPS) is 18.3. The van der Waals surface area contributed by atoms with Gasteiger partial charge in [-0.3, -0.25) is 9.59 Å². The number of amides is 2. The van der Waals surface area contributed by atoms with Gasteiger partial charge in [0.05, 0.1) is 12.5 Å². The van der Waals surface area contributed by atoms with Crippen LogP contribution >= 0.6 is 0 Å². The van der Waals surface area contributed by atoms with E-state index < -0.39 is 23.3 Å². The maximum Gasteiger partial charge on any atom is 0.346 e. The van der Waals surface area contributed by atoms with Crippen molar-refractivity contribution in [2.75, 3.05) is 19.6 Å². The summed E-state index contributed by atoms with van der Waals surface area (Å²) < 4.78 is 18.3. The number of ether oxygens (including phenoxy) is 1. The van der Waals surface area contributed by atoms with Gasteiger partial charge >= 0.3 is 5.97 Å². The Bertz CT molecular complexity index is 714. The molecule has 2 N–H and O–H groups in total. The summed E-state index contributed by atoms with van der Waals surface area (Å²) in [5, 5.41) is 11.9. The monoisotopic (exact) mass is 394 g/mol. The van der Waals surface area contributed by atoms with Crippen molar-refractivity contribution in [1.82, 2.24) is 10.2 Å². The molecular formula is C20H27FN2O5. The molecule has 1 saturated heterocycles. The molecule has 1 fully saturated rings. The third-order valence-electron chi connectivity index (χ3n) is 4.55. The number of carbonyl (C=O) groups is 3. The predicted octanol–water partition coefficient (Wildman–Crippen LogP) is 2.06.